The minimum atomic E-state index is -0.307. The minimum absolute atomic E-state index is 0.0798. The molecule has 1 amide bonds. The maximum atomic E-state index is 12.9. The Morgan fingerprint density at radius 2 is 1.93 bits per heavy atom. The van der Waals surface area contributed by atoms with Gasteiger partial charge in [0, 0.05) is 11.9 Å². The first-order valence-electron chi connectivity index (χ1n) is 9.62. The van der Waals surface area contributed by atoms with Gasteiger partial charge in [0.25, 0.3) is 0 Å². The molecule has 0 saturated heterocycles. The molecule has 8 heteroatoms. The number of thiazole rings is 1. The van der Waals surface area contributed by atoms with Crippen molar-refractivity contribution in [2.45, 2.75) is 19.4 Å². The first-order valence-corrected chi connectivity index (χ1v) is 10.5. The molecule has 0 spiro atoms. The van der Waals surface area contributed by atoms with Crippen LogP contribution in [0.15, 0.2) is 47.8 Å². The fourth-order valence-corrected chi connectivity index (χ4v) is 3.69. The Morgan fingerprint density at radius 3 is 2.77 bits per heavy atom. The van der Waals surface area contributed by atoms with Crippen molar-refractivity contribution in [1.82, 2.24) is 10.3 Å². The average molecular weight is 428 g/mol. The van der Waals surface area contributed by atoms with Crippen LogP contribution in [0.4, 0.5) is 4.39 Å². The van der Waals surface area contributed by atoms with E-state index in [1.54, 1.807) is 12.1 Å². The second-order valence-corrected chi connectivity index (χ2v) is 7.67. The van der Waals surface area contributed by atoms with Gasteiger partial charge in [-0.3, -0.25) is 4.79 Å². The van der Waals surface area contributed by atoms with Crippen LogP contribution in [-0.4, -0.2) is 30.6 Å². The summed E-state index contributed by atoms with van der Waals surface area (Å²) in [7, 11) is 0. The van der Waals surface area contributed by atoms with E-state index in [-0.39, 0.29) is 24.8 Å². The lowest BCUT2D eigenvalue weighted by Gasteiger charge is -2.18. The molecule has 4 rings (SSSR count). The topological polar surface area (TPSA) is 69.7 Å². The van der Waals surface area contributed by atoms with Gasteiger partial charge in [-0.2, -0.15) is 0 Å². The number of aromatic nitrogens is 1. The fraction of sp³-hybridized carbons (Fsp3) is 0.273. The van der Waals surface area contributed by atoms with Crippen LogP contribution in [0.1, 0.15) is 16.3 Å². The zero-order valence-corrected chi connectivity index (χ0v) is 17.0. The van der Waals surface area contributed by atoms with Crippen molar-refractivity contribution in [2.24, 2.45) is 0 Å². The number of amides is 1. The lowest BCUT2D eigenvalue weighted by atomic mass is 10.1. The SMILES string of the molecule is O=C(Cc1csc(COc2ccc(F)cc2)n1)NCCc1ccc2c(c1)OCCO2. The number of rotatable bonds is 8. The van der Waals surface area contributed by atoms with Crippen LogP contribution in [-0.2, 0) is 24.2 Å². The second kappa shape index (κ2) is 9.58. The van der Waals surface area contributed by atoms with Crippen molar-refractivity contribution in [3.63, 3.8) is 0 Å². The molecule has 30 heavy (non-hydrogen) atoms. The molecule has 156 valence electrons. The van der Waals surface area contributed by atoms with Gasteiger partial charge in [-0.05, 0) is 48.4 Å². The predicted octanol–water partition coefficient (Wildman–Crippen LogP) is 3.53. The van der Waals surface area contributed by atoms with Crippen LogP contribution in [0.2, 0.25) is 0 Å². The number of carbonyl (C=O) groups excluding carboxylic acids is 1. The number of hydrogen-bond acceptors (Lipinski definition) is 6. The standard InChI is InChI=1S/C22H21FN2O4S/c23-16-2-4-18(5-3-16)29-13-22-25-17(14-30-22)12-21(26)24-8-7-15-1-6-19-20(11-15)28-10-9-27-19/h1-6,11,14H,7-10,12-13H2,(H,24,26). The van der Waals surface area contributed by atoms with Crippen LogP contribution in [0, 0.1) is 5.82 Å². The smallest absolute Gasteiger partial charge is 0.226 e. The largest absolute Gasteiger partial charge is 0.486 e. The molecular formula is C22H21FN2O4S. The Labute approximate surface area is 177 Å². The molecule has 6 nitrogen and oxygen atoms in total. The molecule has 1 N–H and O–H groups in total. The van der Waals surface area contributed by atoms with Crippen molar-refractivity contribution in [3.05, 3.63) is 69.9 Å². The van der Waals surface area contributed by atoms with E-state index in [1.807, 2.05) is 23.6 Å². The quantitative estimate of drug-likeness (QED) is 0.594. The van der Waals surface area contributed by atoms with E-state index in [0.29, 0.717) is 37.6 Å². The normalized spacial score (nSPS) is 12.4. The Balaban J connectivity index is 1.20. The summed E-state index contributed by atoms with van der Waals surface area (Å²) in [6.45, 7) is 1.93. The number of nitrogens with zero attached hydrogens (tertiary/aromatic N) is 1. The van der Waals surface area contributed by atoms with Gasteiger partial charge in [0.2, 0.25) is 5.91 Å². The lowest BCUT2D eigenvalue weighted by Crippen LogP contribution is -2.27. The Kier molecular flexibility index (Phi) is 6.44. The third-order valence-corrected chi connectivity index (χ3v) is 5.33. The third-order valence-electron chi connectivity index (χ3n) is 4.46. The lowest BCUT2D eigenvalue weighted by molar-refractivity contribution is -0.120. The molecule has 0 atom stereocenters. The van der Waals surface area contributed by atoms with Crippen molar-refractivity contribution in [1.29, 1.82) is 0 Å². The van der Waals surface area contributed by atoms with E-state index < -0.39 is 0 Å². The molecule has 1 aliphatic rings. The molecule has 2 heterocycles. The van der Waals surface area contributed by atoms with Crippen LogP contribution >= 0.6 is 11.3 Å². The Bertz CT molecular complexity index is 1010. The van der Waals surface area contributed by atoms with Gasteiger partial charge >= 0.3 is 0 Å². The number of ether oxygens (including phenoxy) is 3. The summed E-state index contributed by atoms with van der Waals surface area (Å²) in [5.74, 6) is 1.70. The van der Waals surface area contributed by atoms with Gasteiger partial charge in [-0.1, -0.05) is 6.07 Å². The first-order chi connectivity index (χ1) is 14.7. The summed E-state index contributed by atoms with van der Waals surface area (Å²) in [6, 6.07) is 11.7. The molecule has 1 aromatic heterocycles. The summed E-state index contributed by atoms with van der Waals surface area (Å²) < 4.78 is 29.6. The maximum absolute atomic E-state index is 12.9. The highest BCUT2D eigenvalue weighted by Gasteiger charge is 2.12. The van der Waals surface area contributed by atoms with Gasteiger partial charge in [0.15, 0.2) is 11.5 Å². The highest BCUT2D eigenvalue weighted by atomic mass is 32.1. The summed E-state index contributed by atoms with van der Waals surface area (Å²) in [5.41, 5.74) is 1.78. The van der Waals surface area contributed by atoms with Gasteiger partial charge in [-0.25, -0.2) is 9.37 Å². The molecule has 0 saturated carbocycles. The average Bonchev–Trinajstić information content (AvgIpc) is 3.20. The van der Waals surface area contributed by atoms with E-state index in [4.69, 9.17) is 14.2 Å². The molecule has 3 aromatic rings. The maximum Gasteiger partial charge on any atom is 0.226 e. The molecule has 0 aliphatic carbocycles. The van der Waals surface area contributed by atoms with Crippen LogP contribution in [0.3, 0.4) is 0 Å². The van der Waals surface area contributed by atoms with Gasteiger partial charge in [0.05, 0.1) is 12.1 Å². The molecule has 2 aromatic carbocycles. The summed E-state index contributed by atoms with van der Waals surface area (Å²) in [5, 5.41) is 5.53. The van der Waals surface area contributed by atoms with Crippen molar-refractivity contribution >= 4 is 17.2 Å². The molecular weight excluding hydrogens is 407 g/mol. The number of carbonyl (C=O) groups is 1. The van der Waals surface area contributed by atoms with Gasteiger partial charge < -0.3 is 19.5 Å². The highest BCUT2D eigenvalue weighted by molar-refractivity contribution is 7.09. The Morgan fingerprint density at radius 1 is 1.13 bits per heavy atom. The number of fused-ring (bicyclic) bond motifs is 1. The van der Waals surface area contributed by atoms with Gasteiger partial charge in [0.1, 0.15) is 36.4 Å². The van der Waals surface area contributed by atoms with E-state index >= 15 is 0 Å². The van der Waals surface area contributed by atoms with Crippen molar-refractivity contribution in [3.8, 4) is 17.2 Å². The van der Waals surface area contributed by atoms with E-state index in [1.165, 1.54) is 23.5 Å². The molecule has 1 aliphatic heterocycles. The van der Waals surface area contributed by atoms with Crippen LogP contribution < -0.4 is 19.5 Å². The Hall–Kier alpha value is -3.13. The molecule has 0 fully saturated rings. The molecule has 0 radical (unpaired) electrons. The monoisotopic (exact) mass is 428 g/mol. The van der Waals surface area contributed by atoms with E-state index in [9.17, 15) is 9.18 Å². The van der Waals surface area contributed by atoms with Gasteiger partial charge in [-0.15, -0.1) is 11.3 Å². The molecule has 0 unspecified atom stereocenters. The number of hydrogen-bond donors (Lipinski definition) is 1. The fourth-order valence-electron chi connectivity index (χ4n) is 2.99. The van der Waals surface area contributed by atoms with Crippen LogP contribution in [0.5, 0.6) is 17.2 Å². The summed E-state index contributed by atoms with van der Waals surface area (Å²) in [6.07, 6.45) is 0.921. The third kappa shape index (κ3) is 5.48. The zero-order chi connectivity index (χ0) is 20.8. The highest BCUT2D eigenvalue weighted by Crippen LogP contribution is 2.30. The molecule has 0 bridgehead atoms. The van der Waals surface area contributed by atoms with Crippen molar-refractivity contribution < 1.29 is 23.4 Å². The summed E-state index contributed by atoms with van der Waals surface area (Å²) >= 11 is 1.43. The van der Waals surface area contributed by atoms with E-state index in [2.05, 4.69) is 10.3 Å². The van der Waals surface area contributed by atoms with Crippen LogP contribution in [0.25, 0.3) is 0 Å². The van der Waals surface area contributed by atoms with E-state index in [0.717, 1.165) is 22.1 Å². The second-order valence-electron chi connectivity index (χ2n) is 6.73. The number of halogens is 1. The van der Waals surface area contributed by atoms with Crippen molar-refractivity contribution in [2.75, 3.05) is 19.8 Å². The number of benzene rings is 2. The summed E-state index contributed by atoms with van der Waals surface area (Å²) in [4.78, 5) is 16.6. The zero-order valence-electron chi connectivity index (χ0n) is 16.2. The minimum Gasteiger partial charge on any atom is -0.486 e. The first kappa shape index (κ1) is 20.2. The number of nitrogens with one attached hydrogen (secondary N) is 1. The predicted molar refractivity (Wildman–Crippen MR) is 111 cm³/mol.